The number of aromatic nitrogens is 1. The van der Waals surface area contributed by atoms with Gasteiger partial charge in [-0.3, -0.25) is 4.99 Å². The third-order valence-electron chi connectivity index (χ3n) is 1.57. The van der Waals surface area contributed by atoms with Gasteiger partial charge in [-0.2, -0.15) is 0 Å². The first-order chi connectivity index (χ1) is 5.88. The van der Waals surface area contributed by atoms with Gasteiger partial charge in [-0.15, -0.1) is 11.8 Å². The predicted molar refractivity (Wildman–Crippen MR) is 60.8 cm³/mol. The first-order valence-electron chi connectivity index (χ1n) is 3.66. The van der Waals surface area contributed by atoms with Crippen LogP contribution < -0.4 is 0 Å². The van der Waals surface area contributed by atoms with E-state index in [1.807, 2.05) is 24.0 Å². The fourth-order valence-corrected chi connectivity index (χ4v) is 2.70. The molecule has 0 radical (unpaired) electrons. The van der Waals surface area contributed by atoms with E-state index in [-0.39, 0.29) is 0 Å². The summed E-state index contributed by atoms with van der Waals surface area (Å²) in [5.74, 6) is 1.11. The molecule has 0 aliphatic carbocycles. The summed E-state index contributed by atoms with van der Waals surface area (Å²) in [6.45, 7) is 0.949. The molecule has 0 fully saturated rings. The number of rotatable bonds is 1. The van der Waals surface area contributed by atoms with Gasteiger partial charge in [-0.25, -0.2) is 4.98 Å². The first-order valence-corrected chi connectivity index (χ1v) is 5.72. The molecular weight excluding hydrogens is 283 g/mol. The highest BCUT2D eigenvalue weighted by molar-refractivity contribution is 14.1. The van der Waals surface area contributed by atoms with Crippen LogP contribution >= 0.6 is 34.4 Å². The van der Waals surface area contributed by atoms with Crippen molar-refractivity contribution in [3.8, 4) is 0 Å². The minimum atomic E-state index is 0.949. The Morgan fingerprint density at radius 1 is 1.50 bits per heavy atom. The van der Waals surface area contributed by atoms with Crippen LogP contribution in [-0.2, 0) is 0 Å². The molecule has 2 nitrogen and oxygen atoms in total. The normalized spacial score (nSPS) is 16.2. The van der Waals surface area contributed by atoms with Crippen molar-refractivity contribution >= 4 is 39.4 Å². The van der Waals surface area contributed by atoms with Crippen LogP contribution in [-0.4, -0.2) is 22.3 Å². The maximum absolute atomic E-state index is 4.40. The van der Waals surface area contributed by atoms with Crippen molar-refractivity contribution in [3.05, 3.63) is 27.6 Å². The van der Waals surface area contributed by atoms with Gasteiger partial charge in [-0.1, -0.05) is 0 Å². The zero-order valence-corrected chi connectivity index (χ0v) is 9.30. The van der Waals surface area contributed by atoms with E-state index in [1.54, 1.807) is 0 Å². The SMILES string of the molecule is Ic1ncccc1C1=NCCS1. The van der Waals surface area contributed by atoms with Crippen molar-refractivity contribution in [2.45, 2.75) is 0 Å². The van der Waals surface area contributed by atoms with Crippen LogP contribution in [0.5, 0.6) is 0 Å². The molecule has 1 aromatic rings. The Hall–Kier alpha value is -0.100. The van der Waals surface area contributed by atoms with E-state index < -0.39 is 0 Å². The predicted octanol–water partition coefficient (Wildman–Crippen LogP) is 2.18. The van der Waals surface area contributed by atoms with E-state index in [4.69, 9.17) is 0 Å². The lowest BCUT2D eigenvalue weighted by atomic mass is 10.3. The number of nitrogens with zero attached hydrogens (tertiary/aromatic N) is 2. The highest BCUT2D eigenvalue weighted by atomic mass is 127. The topological polar surface area (TPSA) is 25.2 Å². The Kier molecular flexibility index (Phi) is 2.65. The lowest BCUT2D eigenvalue weighted by Crippen LogP contribution is -1.96. The molecule has 0 aromatic carbocycles. The Labute approximate surface area is 89.0 Å². The molecule has 0 unspecified atom stereocenters. The van der Waals surface area contributed by atoms with Crippen molar-refractivity contribution in [3.63, 3.8) is 0 Å². The van der Waals surface area contributed by atoms with Crippen LogP contribution in [0.3, 0.4) is 0 Å². The summed E-state index contributed by atoms with van der Waals surface area (Å²) in [5.41, 5.74) is 1.18. The molecule has 0 spiro atoms. The molecule has 0 saturated carbocycles. The molecule has 12 heavy (non-hydrogen) atoms. The monoisotopic (exact) mass is 290 g/mol. The molecular formula is C8H7IN2S. The number of pyridine rings is 1. The lowest BCUT2D eigenvalue weighted by Gasteiger charge is -2.00. The fourth-order valence-electron chi connectivity index (χ4n) is 1.04. The standard InChI is InChI=1S/C8H7IN2S/c9-7-6(2-1-3-10-7)8-11-4-5-12-8/h1-3H,4-5H2. The Morgan fingerprint density at radius 2 is 2.42 bits per heavy atom. The van der Waals surface area contributed by atoms with E-state index in [0.717, 1.165) is 21.0 Å². The maximum Gasteiger partial charge on any atom is 0.111 e. The molecule has 0 bridgehead atoms. The van der Waals surface area contributed by atoms with Gasteiger partial charge in [0.15, 0.2) is 0 Å². The Morgan fingerprint density at radius 3 is 3.08 bits per heavy atom. The number of aliphatic imine (C=N–C) groups is 1. The van der Waals surface area contributed by atoms with Gasteiger partial charge in [-0.05, 0) is 34.7 Å². The summed E-state index contributed by atoms with van der Waals surface area (Å²) in [7, 11) is 0. The van der Waals surface area contributed by atoms with Gasteiger partial charge in [0, 0.05) is 24.1 Å². The molecule has 1 aliphatic heterocycles. The van der Waals surface area contributed by atoms with Crippen molar-refractivity contribution in [1.82, 2.24) is 4.98 Å². The molecule has 1 aliphatic rings. The second kappa shape index (κ2) is 3.74. The molecule has 62 valence electrons. The number of thioether (sulfide) groups is 1. The molecule has 2 heterocycles. The third kappa shape index (κ3) is 1.64. The maximum atomic E-state index is 4.40. The second-order valence-electron chi connectivity index (χ2n) is 2.38. The van der Waals surface area contributed by atoms with Crippen LogP contribution in [0.15, 0.2) is 23.3 Å². The Balaban J connectivity index is 2.39. The van der Waals surface area contributed by atoms with Crippen LogP contribution in [0.4, 0.5) is 0 Å². The molecule has 1 aromatic heterocycles. The van der Waals surface area contributed by atoms with Gasteiger partial charge >= 0.3 is 0 Å². The third-order valence-corrected chi connectivity index (χ3v) is 3.44. The molecule has 0 amide bonds. The van der Waals surface area contributed by atoms with Crippen molar-refractivity contribution in [2.75, 3.05) is 12.3 Å². The molecule has 4 heteroatoms. The van der Waals surface area contributed by atoms with E-state index in [2.05, 4.69) is 38.6 Å². The number of halogens is 1. The summed E-state index contributed by atoms with van der Waals surface area (Å²) < 4.78 is 1.04. The minimum absolute atomic E-state index is 0.949. The number of hydrogen-bond donors (Lipinski definition) is 0. The van der Waals surface area contributed by atoms with Gasteiger partial charge in [0.2, 0.25) is 0 Å². The van der Waals surface area contributed by atoms with Crippen LogP contribution in [0.1, 0.15) is 5.56 Å². The van der Waals surface area contributed by atoms with Crippen molar-refractivity contribution in [2.24, 2.45) is 4.99 Å². The highest BCUT2D eigenvalue weighted by Gasteiger charge is 2.12. The summed E-state index contributed by atoms with van der Waals surface area (Å²) >= 11 is 4.06. The van der Waals surface area contributed by atoms with Gasteiger partial charge in [0.25, 0.3) is 0 Å². The average Bonchev–Trinajstić information content (AvgIpc) is 2.57. The van der Waals surface area contributed by atoms with Gasteiger partial charge in [0.1, 0.15) is 8.74 Å². The van der Waals surface area contributed by atoms with Gasteiger partial charge < -0.3 is 0 Å². The fraction of sp³-hybridized carbons (Fsp3) is 0.250. The molecule has 0 saturated heterocycles. The van der Waals surface area contributed by atoms with Crippen molar-refractivity contribution in [1.29, 1.82) is 0 Å². The van der Waals surface area contributed by atoms with Crippen LogP contribution in [0.2, 0.25) is 0 Å². The summed E-state index contributed by atoms with van der Waals surface area (Å²) in [5, 5.41) is 1.15. The highest BCUT2D eigenvalue weighted by Crippen LogP contribution is 2.21. The van der Waals surface area contributed by atoms with E-state index in [1.165, 1.54) is 5.56 Å². The largest absolute Gasteiger partial charge is 0.277 e. The Bertz CT molecular complexity index is 325. The quantitative estimate of drug-likeness (QED) is 0.585. The second-order valence-corrected chi connectivity index (χ2v) is 4.48. The van der Waals surface area contributed by atoms with Crippen LogP contribution in [0.25, 0.3) is 0 Å². The van der Waals surface area contributed by atoms with E-state index in [9.17, 15) is 0 Å². The van der Waals surface area contributed by atoms with Crippen molar-refractivity contribution < 1.29 is 0 Å². The zero-order valence-electron chi connectivity index (χ0n) is 6.33. The zero-order chi connectivity index (χ0) is 8.39. The number of hydrogen-bond acceptors (Lipinski definition) is 3. The summed E-state index contributed by atoms with van der Waals surface area (Å²) in [6.07, 6.45) is 1.81. The molecule has 2 rings (SSSR count). The van der Waals surface area contributed by atoms with Gasteiger partial charge in [0.05, 0.1) is 0 Å². The first kappa shape index (κ1) is 8.50. The summed E-state index contributed by atoms with van der Waals surface area (Å²) in [4.78, 5) is 8.62. The molecule has 0 N–H and O–H groups in total. The summed E-state index contributed by atoms with van der Waals surface area (Å²) in [6, 6.07) is 4.03. The minimum Gasteiger partial charge on any atom is -0.277 e. The van der Waals surface area contributed by atoms with Crippen LogP contribution in [0, 0.1) is 3.70 Å². The van der Waals surface area contributed by atoms with E-state index in [0.29, 0.717) is 0 Å². The average molecular weight is 290 g/mol. The lowest BCUT2D eigenvalue weighted by molar-refractivity contribution is 1.17. The van der Waals surface area contributed by atoms with E-state index >= 15 is 0 Å². The molecule has 0 atom stereocenters. The smallest absolute Gasteiger partial charge is 0.111 e.